The Kier molecular flexibility index (Phi) is 3.77. The summed E-state index contributed by atoms with van der Waals surface area (Å²) in [6.07, 6.45) is 0. The average molecular weight is 272 g/mol. The highest BCUT2D eigenvalue weighted by atomic mass is 32.1. The van der Waals surface area contributed by atoms with Crippen LogP contribution in [0.1, 0.15) is 30.9 Å². The van der Waals surface area contributed by atoms with Gasteiger partial charge in [-0.15, -0.1) is 11.3 Å². The molecule has 0 aliphatic carbocycles. The minimum absolute atomic E-state index is 0.422. The first kappa shape index (κ1) is 13.4. The summed E-state index contributed by atoms with van der Waals surface area (Å²) in [6, 6.07) is 8.24. The van der Waals surface area contributed by atoms with Crippen molar-refractivity contribution in [2.45, 2.75) is 19.8 Å². The summed E-state index contributed by atoms with van der Waals surface area (Å²) >= 11 is 1.38. The van der Waals surface area contributed by atoms with Crippen LogP contribution in [-0.2, 0) is 0 Å². The van der Waals surface area contributed by atoms with E-state index >= 15 is 0 Å². The van der Waals surface area contributed by atoms with Crippen LogP contribution in [0.15, 0.2) is 23.6 Å². The third-order valence-electron chi connectivity index (χ3n) is 3.11. The number of anilines is 1. The first-order chi connectivity index (χ1) is 9.08. The molecule has 0 fully saturated rings. The molecule has 0 atom stereocenters. The molecule has 0 bridgehead atoms. The summed E-state index contributed by atoms with van der Waals surface area (Å²) < 4.78 is 5.40. The highest BCUT2D eigenvalue weighted by Gasteiger charge is 2.16. The van der Waals surface area contributed by atoms with Gasteiger partial charge in [-0.3, -0.25) is 0 Å². The lowest BCUT2D eigenvalue weighted by molar-refractivity contribution is 0.416. The molecule has 3 nitrogen and oxygen atoms in total. The number of nitriles is 1. The SMILES string of the molecule is COc1ccc(C(C)C)cc1-c1csc(N)c1C#N. The van der Waals surface area contributed by atoms with Gasteiger partial charge in [0, 0.05) is 16.5 Å². The zero-order chi connectivity index (χ0) is 14.0. The maximum Gasteiger partial charge on any atom is 0.126 e. The topological polar surface area (TPSA) is 59.0 Å². The maximum absolute atomic E-state index is 9.23. The number of nitrogens with zero attached hydrogens (tertiary/aromatic N) is 1. The number of benzene rings is 1. The molecule has 2 aromatic rings. The highest BCUT2D eigenvalue weighted by Crippen LogP contribution is 2.39. The Bertz CT molecular complexity index is 638. The number of nitrogens with two attached hydrogens (primary N) is 1. The number of rotatable bonds is 3. The average Bonchev–Trinajstić information content (AvgIpc) is 2.78. The fraction of sp³-hybridized carbons (Fsp3) is 0.267. The number of hydrogen-bond donors (Lipinski definition) is 1. The summed E-state index contributed by atoms with van der Waals surface area (Å²) in [5.74, 6) is 1.19. The molecule has 2 N–H and O–H groups in total. The van der Waals surface area contributed by atoms with Crippen LogP contribution in [-0.4, -0.2) is 7.11 Å². The predicted octanol–water partition coefficient (Wildman–Crippen LogP) is 4.00. The van der Waals surface area contributed by atoms with Gasteiger partial charge >= 0.3 is 0 Å². The summed E-state index contributed by atoms with van der Waals surface area (Å²) in [4.78, 5) is 0. The molecule has 2 rings (SSSR count). The van der Waals surface area contributed by atoms with Crippen molar-refractivity contribution < 1.29 is 4.74 Å². The lowest BCUT2D eigenvalue weighted by Gasteiger charge is -2.12. The Balaban J connectivity index is 2.66. The molecular formula is C15H16N2OS. The van der Waals surface area contributed by atoms with E-state index < -0.39 is 0 Å². The zero-order valence-electron chi connectivity index (χ0n) is 11.2. The Morgan fingerprint density at radius 3 is 2.63 bits per heavy atom. The number of nitrogen functional groups attached to an aromatic ring is 1. The molecular weight excluding hydrogens is 256 g/mol. The van der Waals surface area contributed by atoms with Gasteiger partial charge in [-0.25, -0.2) is 0 Å². The van der Waals surface area contributed by atoms with Crippen molar-refractivity contribution in [2.75, 3.05) is 12.8 Å². The lowest BCUT2D eigenvalue weighted by Crippen LogP contribution is -1.93. The first-order valence-electron chi connectivity index (χ1n) is 6.03. The fourth-order valence-corrected chi connectivity index (χ4v) is 2.74. The minimum atomic E-state index is 0.422. The Hall–Kier alpha value is -1.99. The normalized spacial score (nSPS) is 10.5. The second-order valence-corrected chi connectivity index (χ2v) is 5.53. The highest BCUT2D eigenvalue weighted by molar-refractivity contribution is 7.14. The molecule has 19 heavy (non-hydrogen) atoms. The van der Waals surface area contributed by atoms with Crippen molar-refractivity contribution >= 4 is 16.3 Å². The predicted molar refractivity (Wildman–Crippen MR) is 79.5 cm³/mol. The van der Waals surface area contributed by atoms with Crippen LogP contribution >= 0.6 is 11.3 Å². The van der Waals surface area contributed by atoms with Crippen molar-refractivity contribution in [3.63, 3.8) is 0 Å². The molecule has 1 aromatic heterocycles. The standard InChI is InChI=1S/C15H16N2OS/c1-9(2)10-4-5-14(18-3)11(6-10)13-8-19-15(17)12(13)7-16/h4-6,8-9H,17H2,1-3H3. The fourth-order valence-electron chi connectivity index (χ4n) is 1.98. The molecule has 0 unspecified atom stereocenters. The van der Waals surface area contributed by atoms with Gasteiger partial charge in [-0.2, -0.15) is 5.26 Å². The van der Waals surface area contributed by atoms with Crippen LogP contribution in [0.25, 0.3) is 11.1 Å². The smallest absolute Gasteiger partial charge is 0.126 e. The van der Waals surface area contributed by atoms with Crippen molar-refractivity contribution in [1.82, 2.24) is 0 Å². The minimum Gasteiger partial charge on any atom is -0.496 e. The van der Waals surface area contributed by atoms with Crippen molar-refractivity contribution in [3.8, 4) is 22.9 Å². The van der Waals surface area contributed by atoms with Gasteiger partial charge in [0.25, 0.3) is 0 Å². The number of hydrogen-bond acceptors (Lipinski definition) is 4. The first-order valence-corrected chi connectivity index (χ1v) is 6.91. The lowest BCUT2D eigenvalue weighted by atomic mass is 9.96. The Morgan fingerprint density at radius 2 is 2.05 bits per heavy atom. The molecule has 1 heterocycles. The second kappa shape index (κ2) is 5.33. The third-order valence-corrected chi connectivity index (χ3v) is 3.92. The van der Waals surface area contributed by atoms with E-state index in [1.54, 1.807) is 7.11 Å². The van der Waals surface area contributed by atoms with Gasteiger partial charge in [0.05, 0.1) is 12.7 Å². The largest absolute Gasteiger partial charge is 0.496 e. The quantitative estimate of drug-likeness (QED) is 0.918. The van der Waals surface area contributed by atoms with Gasteiger partial charge in [0.2, 0.25) is 0 Å². The monoisotopic (exact) mass is 272 g/mol. The van der Waals surface area contributed by atoms with Crippen LogP contribution in [0, 0.1) is 11.3 Å². The summed E-state index contributed by atoms with van der Waals surface area (Å²) in [7, 11) is 1.63. The molecule has 0 aliphatic heterocycles. The number of thiophene rings is 1. The Morgan fingerprint density at radius 1 is 1.32 bits per heavy atom. The summed E-state index contributed by atoms with van der Waals surface area (Å²) in [5, 5.41) is 11.7. The number of ether oxygens (including phenoxy) is 1. The van der Waals surface area contributed by atoms with Crippen molar-refractivity contribution in [2.24, 2.45) is 0 Å². The summed E-state index contributed by atoms with van der Waals surface area (Å²) in [5.41, 5.74) is 9.36. The van der Waals surface area contributed by atoms with Gasteiger partial charge < -0.3 is 10.5 Å². The van der Waals surface area contributed by atoms with Crippen molar-refractivity contribution in [1.29, 1.82) is 5.26 Å². The second-order valence-electron chi connectivity index (χ2n) is 4.61. The van der Waals surface area contributed by atoms with Crippen LogP contribution in [0.2, 0.25) is 0 Å². The molecule has 0 aliphatic rings. The number of methoxy groups -OCH3 is 1. The van der Waals surface area contributed by atoms with E-state index in [1.807, 2.05) is 11.4 Å². The van der Waals surface area contributed by atoms with E-state index in [4.69, 9.17) is 10.5 Å². The maximum atomic E-state index is 9.23. The van der Waals surface area contributed by atoms with E-state index in [9.17, 15) is 5.26 Å². The molecule has 98 valence electrons. The molecule has 0 amide bonds. The molecule has 0 saturated carbocycles. The third kappa shape index (κ3) is 2.42. The molecule has 1 aromatic carbocycles. The molecule has 4 heteroatoms. The summed E-state index contributed by atoms with van der Waals surface area (Å²) in [6.45, 7) is 4.28. The van der Waals surface area contributed by atoms with Crippen LogP contribution < -0.4 is 10.5 Å². The molecule has 0 spiro atoms. The van der Waals surface area contributed by atoms with Crippen LogP contribution in [0.4, 0.5) is 5.00 Å². The van der Waals surface area contributed by atoms with E-state index in [2.05, 4.69) is 32.0 Å². The molecule has 0 radical (unpaired) electrons. The van der Waals surface area contributed by atoms with Crippen LogP contribution in [0.3, 0.4) is 0 Å². The van der Waals surface area contributed by atoms with Gasteiger partial charge in [0.1, 0.15) is 16.8 Å². The zero-order valence-corrected chi connectivity index (χ0v) is 12.0. The van der Waals surface area contributed by atoms with Gasteiger partial charge in [-0.05, 0) is 23.6 Å². The van der Waals surface area contributed by atoms with E-state index in [1.165, 1.54) is 16.9 Å². The Labute approximate surface area is 117 Å². The van der Waals surface area contributed by atoms with Crippen molar-refractivity contribution in [3.05, 3.63) is 34.7 Å². The van der Waals surface area contributed by atoms with E-state index in [0.717, 1.165) is 16.9 Å². The van der Waals surface area contributed by atoms with E-state index in [0.29, 0.717) is 16.5 Å². The van der Waals surface area contributed by atoms with Gasteiger partial charge in [-0.1, -0.05) is 19.9 Å². The van der Waals surface area contributed by atoms with Crippen LogP contribution in [0.5, 0.6) is 5.75 Å². The van der Waals surface area contributed by atoms with E-state index in [-0.39, 0.29) is 0 Å². The van der Waals surface area contributed by atoms with Gasteiger partial charge in [0.15, 0.2) is 0 Å². The molecule has 0 saturated heterocycles.